The number of aromatic nitrogens is 2. The van der Waals surface area contributed by atoms with Crippen LogP contribution in [0.2, 0.25) is 5.02 Å². The number of hydrogen-bond donors (Lipinski definition) is 2. The molecular weight excluding hydrogens is 383 g/mol. The number of nitrogens with two attached hydrogens (primary N) is 1. The van der Waals surface area contributed by atoms with Crippen molar-refractivity contribution in [1.29, 1.82) is 0 Å². The van der Waals surface area contributed by atoms with Crippen molar-refractivity contribution >= 4 is 47.4 Å². The Kier molecular flexibility index (Phi) is 5.29. The van der Waals surface area contributed by atoms with Crippen molar-refractivity contribution < 1.29 is 9.32 Å². The molecule has 1 atom stereocenters. The summed E-state index contributed by atoms with van der Waals surface area (Å²) in [5, 5.41) is 7.21. The van der Waals surface area contributed by atoms with E-state index in [9.17, 15) is 4.79 Å². The van der Waals surface area contributed by atoms with E-state index < -0.39 is 5.54 Å². The SMILES string of the molecule is Cl.NC1(c2noc(CC3Sc4ccc(Cl)cc4NC3=O)n2)CCCC1. The molecule has 1 aliphatic heterocycles. The Hall–Kier alpha value is -1.28. The Balaban J connectivity index is 0.00000182. The van der Waals surface area contributed by atoms with Gasteiger partial charge in [0.25, 0.3) is 0 Å². The Morgan fingerprint density at radius 1 is 1.40 bits per heavy atom. The number of amides is 1. The highest BCUT2D eigenvalue weighted by Crippen LogP contribution is 2.39. The number of carbonyl (C=O) groups is 1. The lowest BCUT2D eigenvalue weighted by atomic mass is 9.99. The average Bonchev–Trinajstić information content (AvgIpc) is 3.18. The third kappa shape index (κ3) is 3.65. The molecule has 2 aliphatic rings. The van der Waals surface area contributed by atoms with E-state index in [-0.39, 0.29) is 23.6 Å². The minimum Gasteiger partial charge on any atom is -0.339 e. The molecule has 0 saturated heterocycles. The standard InChI is InChI=1S/C16H17ClN4O2S.ClH/c17-9-3-4-11-10(7-9)19-14(22)12(24-11)8-13-20-15(21-23-13)16(18)5-1-2-6-16;/h3-4,7,12H,1-2,5-6,8,18H2,(H,19,22);1H. The highest BCUT2D eigenvalue weighted by atomic mass is 35.5. The van der Waals surface area contributed by atoms with E-state index in [1.165, 1.54) is 11.8 Å². The van der Waals surface area contributed by atoms with E-state index in [0.717, 1.165) is 36.3 Å². The fourth-order valence-electron chi connectivity index (χ4n) is 3.19. The van der Waals surface area contributed by atoms with Crippen LogP contribution in [0, 0.1) is 0 Å². The minimum absolute atomic E-state index is 0. The fraction of sp³-hybridized carbons (Fsp3) is 0.438. The molecule has 0 radical (unpaired) electrons. The van der Waals surface area contributed by atoms with Crippen molar-refractivity contribution in [2.24, 2.45) is 5.73 Å². The van der Waals surface area contributed by atoms with Gasteiger partial charge in [-0.25, -0.2) is 0 Å². The molecule has 25 heavy (non-hydrogen) atoms. The van der Waals surface area contributed by atoms with Crippen LogP contribution in [0.1, 0.15) is 37.4 Å². The molecule has 2 heterocycles. The molecule has 0 bridgehead atoms. The van der Waals surface area contributed by atoms with E-state index in [0.29, 0.717) is 23.2 Å². The van der Waals surface area contributed by atoms with Crippen LogP contribution in [-0.2, 0) is 16.8 Å². The van der Waals surface area contributed by atoms with Crippen LogP contribution in [0.15, 0.2) is 27.6 Å². The van der Waals surface area contributed by atoms with Gasteiger partial charge in [-0.3, -0.25) is 4.79 Å². The van der Waals surface area contributed by atoms with Crippen LogP contribution in [-0.4, -0.2) is 21.3 Å². The molecule has 1 amide bonds. The van der Waals surface area contributed by atoms with Crippen molar-refractivity contribution in [2.45, 2.75) is 47.8 Å². The van der Waals surface area contributed by atoms with Crippen molar-refractivity contribution in [3.8, 4) is 0 Å². The van der Waals surface area contributed by atoms with E-state index in [1.807, 2.05) is 12.1 Å². The molecule has 1 fully saturated rings. The fourth-order valence-corrected chi connectivity index (χ4v) is 4.44. The van der Waals surface area contributed by atoms with Gasteiger partial charge in [0.05, 0.1) is 16.5 Å². The second-order valence-corrected chi connectivity index (χ2v) is 8.00. The molecule has 134 valence electrons. The summed E-state index contributed by atoms with van der Waals surface area (Å²) in [4.78, 5) is 17.7. The molecule has 0 spiro atoms. The number of halogens is 2. The number of benzene rings is 1. The van der Waals surface area contributed by atoms with Gasteiger partial charge in [0.1, 0.15) is 0 Å². The van der Waals surface area contributed by atoms with E-state index in [2.05, 4.69) is 15.5 Å². The number of carbonyl (C=O) groups excluding carboxylic acids is 1. The number of thioether (sulfide) groups is 1. The first-order valence-electron chi connectivity index (χ1n) is 7.92. The number of hydrogen-bond acceptors (Lipinski definition) is 6. The lowest BCUT2D eigenvalue weighted by Crippen LogP contribution is -2.34. The first-order valence-corrected chi connectivity index (χ1v) is 9.18. The van der Waals surface area contributed by atoms with Gasteiger partial charge in [0, 0.05) is 16.3 Å². The van der Waals surface area contributed by atoms with Crippen molar-refractivity contribution in [2.75, 3.05) is 5.32 Å². The van der Waals surface area contributed by atoms with E-state index >= 15 is 0 Å². The average molecular weight is 401 g/mol. The Morgan fingerprint density at radius 3 is 2.92 bits per heavy atom. The number of fused-ring (bicyclic) bond motifs is 1. The van der Waals surface area contributed by atoms with Crippen LogP contribution >= 0.6 is 35.8 Å². The third-order valence-corrected chi connectivity index (χ3v) is 6.04. The van der Waals surface area contributed by atoms with Crippen molar-refractivity contribution in [3.63, 3.8) is 0 Å². The van der Waals surface area contributed by atoms with Crippen LogP contribution in [0.4, 0.5) is 5.69 Å². The normalized spacial score (nSPS) is 21.4. The Bertz CT molecular complexity index is 792. The molecule has 4 rings (SSSR count). The highest BCUT2D eigenvalue weighted by Gasteiger charge is 2.37. The number of nitrogens with zero attached hydrogens (tertiary/aromatic N) is 2. The monoisotopic (exact) mass is 400 g/mol. The molecule has 6 nitrogen and oxygen atoms in total. The summed E-state index contributed by atoms with van der Waals surface area (Å²) in [7, 11) is 0. The van der Waals surface area contributed by atoms with Crippen LogP contribution in [0.3, 0.4) is 0 Å². The molecular formula is C16H18Cl2N4O2S. The molecule has 2 aromatic rings. The summed E-state index contributed by atoms with van der Waals surface area (Å²) >= 11 is 7.44. The van der Waals surface area contributed by atoms with Crippen molar-refractivity contribution in [3.05, 3.63) is 34.9 Å². The van der Waals surface area contributed by atoms with E-state index in [1.54, 1.807) is 6.07 Å². The second kappa shape index (κ2) is 7.15. The quantitative estimate of drug-likeness (QED) is 0.817. The summed E-state index contributed by atoms with van der Waals surface area (Å²) in [6, 6.07) is 5.47. The summed E-state index contributed by atoms with van der Waals surface area (Å²) in [5.41, 5.74) is 6.61. The molecule has 3 N–H and O–H groups in total. The molecule has 1 aromatic heterocycles. The van der Waals surface area contributed by atoms with Gasteiger partial charge in [0.2, 0.25) is 11.8 Å². The summed E-state index contributed by atoms with van der Waals surface area (Å²) in [5.74, 6) is 0.924. The lowest BCUT2D eigenvalue weighted by molar-refractivity contribution is -0.115. The van der Waals surface area contributed by atoms with E-state index in [4.69, 9.17) is 21.9 Å². The first-order chi connectivity index (χ1) is 11.5. The van der Waals surface area contributed by atoms with Crippen LogP contribution in [0.25, 0.3) is 0 Å². The minimum atomic E-state index is -0.479. The van der Waals surface area contributed by atoms with Crippen molar-refractivity contribution in [1.82, 2.24) is 10.1 Å². The van der Waals surface area contributed by atoms with Gasteiger partial charge < -0.3 is 15.6 Å². The lowest BCUT2D eigenvalue weighted by Gasteiger charge is -2.23. The van der Waals surface area contributed by atoms with Crippen LogP contribution < -0.4 is 11.1 Å². The maximum absolute atomic E-state index is 12.3. The van der Waals surface area contributed by atoms with Gasteiger partial charge in [0.15, 0.2) is 5.82 Å². The predicted molar refractivity (Wildman–Crippen MR) is 99.3 cm³/mol. The van der Waals surface area contributed by atoms with Gasteiger partial charge >= 0.3 is 0 Å². The smallest absolute Gasteiger partial charge is 0.238 e. The van der Waals surface area contributed by atoms with Crippen LogP contribution in [0.5, 0.6) is 0 Å². The number of anilines is 1. The Morgan fingerprint density at radius 2 is 2.16 bits per heavy atom. The topological polar surface area (TPSA) is 94.0 Å². The largest absolute Gasteiger partial charge is 0.339 e. The summed E-state index contributed by atoms with van der Waals surface area (Å²) in [6.07, 6.45) is 4.29. The number of rotatable bonds is 3. The molecule has 9 heteroatoms. The molecule has 1 saturated carbocycles. The number of nitrogens with one attached hydrogen (secondary N) is 1. The third-order valence-electron chi connectivity index (χ3n) is 4.53. The summed E-state index contributed by atoms with van der Waals surface area (Å²) in [6.45, 7) is 0. The maximum atomic E-state index is 12.3. The molecule has 1 aliphatic carbocycles. The molecule has 1 unspecified atom stereocenters. The maximum Gasteiger partial charge on any atom is 0.238 e. The molecule has 1 aromatic carbocycles. The zero-order chi connectivity index (χ0) is 16.7. The van der Waals surface area contributed by atoms with Gasteiger partial charge in [-0.05, 0) is 31.0 Å². The van der Waals surface area contributed by atoms with Gasteiger partial charge in [-0.15, -0.1) is 24.2 Å². The Labute approximate surface area is 160 Å². The van der Waals surface area contributed by atoms with Gasteiger partial charge in [-0.2, -0.15) is 4.98 Å². The first kappa shape index (κ1) is 18.5. The van der Waals surface area contributed by atoms with Gasteiger partial charge in [-0.1, -0.05) is 29.6 Å². The zero-order valence-electron chi connectivity index (χ0n) is 13.3. The summed E-state index contributed by atoms with van der Waals surface area (Å²) < 4.78 is 5.34. The zero-order valence-corrected chi connectivity index (χ0v) is 15.7. The predicted octanol–water partition coefficient (Wildman–Crippen LogP) is 3.53. The highest BCUT2D eigenvalue weighted by molar-refractivity contribution is 8.01. The second-order valence-electron chi connectivity index (χ2n) is 6.32.